The highest BCUT2D eigenvalue weighted by Crippen LogP contribution is 2.21. The molecule has 19 heavy (non-hydrogen) atoms. The number of hydrogen-bond donors (Lipinski definition) is 2. The third-order valence-electron chi connectivity index (χ3n) is 2.69. The fraction of sp³-hybridized carbons (Fsp3) is 0.167. The van der Waals surface area contributed by atoms with Crippen molar-refractivity contribution in [1.29, 1.82) is 0 Å². The fourth-order valence-electron chi connectivity index (χ4n) is 1.68. The molecular formula is C12H11N5O2. The number of aliphatic hydroxyl groups excluding tert-OH is 1. The number of nitrogens with two attached hydrogens (primary N) is 1. The first-order valence-corrected chi connectivity index (χ1v) is 5.69. The molecule has 3 rings (SSSR count). The van der Waals surface area contributed by atoms with Gasteiger partial charge in [-0.1, -0.05) is 5.16 Å². The topological polar surface area (TPSA) is 111 Å². The molecule has 0 fully saturated rings. The van der Waals surface area contributed by atoms with Gasteiger partial charge in [-0.15, -0.1) is 0 Å². The van der Waals surface area contributed by atoms with Crippen molar-refractivity contribution in [3.63, 3.8) is 0 Å². The zero-order chi connectivity index (χ0) is 13.2. The van der Waals surface area contributed by atoms with Crippen LogP contribution in [-0.2, 0) is 0 Å². The lowest BCUT2D eigenvalue weighted by atomic mass is 10.2. The molecule has 0 aliphatic carbocycles. The van der Waals surface area contributed by atoms with Crippen LogP contribution in [0.25, 0.3) is 22.5 Å². The van der Waals surface area contributed by atoms with Crippen LogP contribution < -0.4 is 5.73 Å². The standard InChI is InChI=1S/C12H11N5O2/c13-8(6-18)11-16-12(19-17-11)7-1-2-9-10(5-7)15-4-3-14-9/h1-5,8,18H,6,13H2. The summed E-state index contributed by atoms with van der Waals surface area (Å²) in [5.74, 6) is 0.614. The van der Waals surface area contributed by atoms with Gasteiger partial charge in [0.05, 0.1) is 23.7 Å². The van der Waals surface area contributed by atoms with Gasteiger partial charge in [0.15, 0.2) is 5.82 Å². The Kier molecular flexibility index (Phi) is 2.90. The zero-order valence-corrected chi connectivity index (χ0v) is 9.89. The molecule has 1 atom stereocenters. The first-order chi connectivity index (χ1) is 9.28. The van der Waals surface area contributed by atoms with E-state index in [0.717, 1.165) is 16.6 Å². The Balaban J connectivity index is 2.01. The van der Waals surface area contributed by atoms with Crippen molar-refractivity contribution >= 4 is 11.0 Å². The highest BCUT2D eigenvalue weighted by atomic mass is 16.5. The van der Waals surface area contributed by atoms with Crippen molar-refractivity contribution in [3.8, 4) is 11.5 Å². The van der Waals surface area contributed by atoms with Gasteiger partial charge in [0.2, 0.25) is 0 Å². The summed E-state index contributed by atoms with van der Waals surface area (Å²) in [5, 5.41) is 12.7. The Labute approximate surface area is 108 Å². The maximum atomic E-state index is 8.94. The largest absolute Gasteiger partial charge is 0.394 e. The summed E-state index contributed by atoms with van der Waals surface area (Å²) >= 11 is 0. The van der Waals surface area contributed by atoms with E-state index in [1.165, 1.54) is 0 Å². The van der Waals surface area contributed by atoms with Crippen LogP contribution in [0.5, 0.6) is 0 Å². The van der Waals surface area contributed by atoms with Crippen LogP contribution in [0, 0.1) is 0 Å². The minimum atomic E-state index is -0.641. The second kappa shape index (κ2) is 4.71. The summed E-state index contributed by atoms with van der Waals surface area (Å²) < 4.78 is 5.12. The summed E-state index contributed by atoms with van der Waals surface area (Å²) in [7, 11) is 0. The molecule has 0 bridgehead atoms. The van der Waals surface area contributed by atoms with Crippen molar-refractivity contribution in [2.75, 3.05) is 6.61 Å². The molecule has 0 spiro atoms. The van der Waals surface area contributed by atoms with Gasteiger partial charge in [0, 0.05) is 18.0 Å². The monoisotopic (exact) mass is 257 g/mol. The molecule has 96 valence electrons. The molecule has 3 N–H and O–H groups in total. The van der Waals surface area contributed by atoms with Gasteiger partial charge in [-0.3, -0.25) is 9.97 Å². The summed E-state index contributed by atoms with van der Waals surface area (Å²) in [4.78, 5) is 12.5. The number of aromatic nitrogens is 4. The molecule has 0 aliphatic rings. The zero-order valence-electron chi connectivity index (χ0n) is 9.89. The molecule has 0 amide bonds. The van der Waals surface area contributed by atoms with E-state index in [-0.39, 0.29) is 12.4 Å². The Bertz CT molecular complexity index is 712. The van der Waals surface area contributed by atoms with Crippen LogP contribution in [0.3, 0.4) is 0 Å². The van der Waals surface area contributed by atoms with Crippen LogP contribution in [0.1, 0.15) is 11.9 Å². The molecular weight excluding hydrogens is 246 g/mol. The van der Waals surface area contributed by atoms with Gasteiger partial charge < -0.3 is 15.4 Å². The molecule has 0 aliphatic heterocycles. The first-order valence-electron chi connectivity index (χ1n) is 5.69. The molecule has 0 saturated heterocycles. The first kappa shape index (κ1) is 11.7. The Morgan fingerprint density at radius 2 is 2.00 bits per heavy atom. The third kappa shape index (κ3) is 2.16. The maximum absolute atomic E-state index is 8.94. The average Bonchev–Trinajstić information content (AvgIpc) is 2.95. The van der Waals surface area contributed by atoms with Crippen molar-refractivity contribution in [2.24, 2.45) is 5.73 Å². The predicted molar refractivity (Wildman–Crippen MR) is 66.8 cm³/mol. The quantitative estimate of drug-likeness (QED) is 0.709. The summed E-state index contributed by atoms with van der Waals surface area (Å²) in [6.45, 7) is -0.234. The maximum Gasteiger partial charge on any atom is 0.258 e. The molecule has 1 aromatic carbocycles. The highest BCUT2D eigenvalue weighted by Gasteiger charge is 2.14. The number of aliphatic hydroxyl groups is 1. The van der Waals surface area contributed by atoms with Crippen LogP contribution in [0.2, 0.25) is 0 Å². The Morgan fingerprint density at radius 1 is 1.21 bits per heavy atom. The third-order valence-corrected chi connectivity index (χ3v) is 2.69. The molecule has 0 radical (unpaired) electrons. The van der Waals surface area contributed by atoms with E-state index >= 15 is 0 Å². The summed E-state index contributed by atoms with van der Waals surface area (Å²) in [6.07, 6.45) is 3.25. The van der Waals surface area contributed by atoms with Gasteiger partial charge in [-0.25, -0.2) is 0 Å². The normalized spacial score (nSPS) is 12.7. The summed E-state index contributed by atoms with van der Waals surface area (Å²) in [5.41, 5.74) is 7.88. The van der Waals surface area contributed by atoms with Crippen molar-refractivity contribution < 1.29 is 9.63 Å². The average molecular weight is 257 g/mol. The minimum Gasteiger partial charge on any atom is -0.394 e. The van der Waals surface area contributed by atoms with Gasteiger partial charge in [-0.05, 0) is 18.2 Å². The van der Waals surface area contributed by atoms with E-state index in [1.807, 2.05) is 18.2 Å². The lowest BCUT2D eigenvalue weighted by molar-refractivity contribution is 0.260. The highest BCUT2D eigenvalue weighted by molar-refractivity contribution is 5.79. The fourth-order valence-corrected chi connectivity index (χ4v) is 1.68. The minimum absolute atomic E-state index is 0.234. The van der Waals surface area contributed by atoms with E-state index in [9.17, 15) is 0 Å². The molecule has 2 heterocycles. The van der Waals surface area contributed by atoms with E-state index in [0.29, 0.717) is 5.89 Å². The molecule has 1 unspecified atom stereocenters. The number of fused-ring (bicyclic) bond motifs is 1. The van der Waals surface area contributed by atoms with Crippen LogP contribution in [0.15, 0.2) is 35.1 Å². The van der Waals surface area contributed by atoms with Crippen LogP contribution >= 0.6 is 0 Å². The van der Waals surface area contributed by atoms with Gasteiger partial charge in [-0.2, -0.15) is 4.98 Å². The second-order valence-corrected chi connectivity index (χ2v) is 4.01. The summed E-state index contributed by atoms with van der Waals surface area (Å²) in [6, 6.07) is 4.81. The molecule has 3 aromatic rings. The number of benzene rings is 1. The van der Waals surface area contributed by atoms with Crippen LogP contribution in [0.4, 0.5) is 0 Å². The molecule has 0 saturated carbocycles. The lowest BCUT2D eigenvalue weighted by Crippen LogP contribution is -2.15. The second-order valence-electron chi connectivity index (χ2n) is 4.01. The van der Waals surface area contributed by atoms with Gasteiger partial charge in [0.1, 0.15) is 0 Å². The van der Waals surface area contributed by atoms with E-state index in [4.69, 9.17) is 15.4 Å². The predicted octanol–water partition coefficient (Wildman–Crippen LogP) is 0.672. The van der Waals surface area contributed by atoms with Crippen molar-refractivity contribution in [1.82, 2.24) is 20.1 Å². The number of nitrogens with zero attached hydrogens (tertiary/aromatic N) is 4. The lowest BCUT2D eigenvalue weighted by Gasteiger charge is -1.99. The smallest absolute Gasteiger partial charge is 0.258 e. The van der Waals surface area contributed by atoms with E-state index < -0.39 is 6.04 Å². The van der Waals surface area contributed by atoms with Crippen molar-refractivity contribution in [2.45, 2.75) is 6.04 Å². The Hall–Kier alpha value is -2.38. The Morgan fingerprint density at radius 3 is 2.79 bits per heavy atom. The molecule has 2 aromatic heterocycles. The van der Waals surface area contributed by atoms with E-state index in [1.54, 1.807) is 12.4 Å². The molecule has 7 nitrogen and oxygen atoms in total. The van der Waals surface area contributed by atoms with Crippen LogP contribution in [-0.4, -0.2) is 31.8 Å². The number of rotatable bonds is 3. The van der Waals surface area contributed by atoms with Gasteiger partial charge in [0.25, 0.3) is 5.89 Å². The van der Waals surface area contributed by atoms with Gasteiger partial charge >= 0.3 is 0 Å². The molecule has 7 heteroatoms. The van der Waals surface area contributed by atoms with Crippen molar-refractivity contribution in [3.05, 3.63) is 36.4 Å². The SMILES string of the molecule is NC(CO)c1noc(-c2ccc3nccnc3c2)n1. The number of hydrogen-bond acceptors (Lipinski definition) is 7. The van der Waals surface area contributed by atoms with E-state index in [2.05, 4.69) is 20.1 Å².